The lowest BCUT2D eigenvalue weighted by atomic mass is 10.00. The van der Waals surface area contributed by atoms with E-state index in [9.17, 15) is 16.8 Å². The van der Waals surface area contributed by atoms with Crippen molar-refractivity contribution in [2.24, 2.45) is 11.8 Å². The lowest BCUT2D eigenvalue weighted by Crippen LogP contribution is -2.15. The first-order chi connectivity index (χ1) is 14.5. The molecule has 0 saturated carbocycles. The Bertz CT molecular complexity index is 941. The molecule has 0 saturated heterocycles. The third kappa shape index (κ3) is 8.37. The number of hydrogen-bond acceptors (Lipinski definition) is 6. The molecule has 0 bridgehead atoms. The number of aryl methyl sites for hydroxylation is 2. The van der Waals surface area contributed by atoms with E-state index >= 15 is 0 Å². The van der Waals surface area contributed by atoms with E-state index in [0.29, 0.717) is 0 Å². The van der Waals surface area contributed by atoms with Gasteiger partial charge in [0.05, 0.1) is 23.0 Å². The van der Waals surface area contributed by atoms with Crippen LogP contribution >= 0.6 is 0 Å². The minimum Gasteiger partial charge on any atom is -0.266 e. The second kappa shape index (κ2) is 11.2. The monoisotopic (exact) mass is 468 g/mol. The summed E-state index contributed by atoms with van der Waals surface area (Å²) in [6, 6.07) is 13.1. The zero-order valence-corrected chi connectivity index (χ0v) is 20.2. The molecule has 2 aromatic rings. The van der Waals surface area contributed by atoms with E-state index in [2.05, 4.69) is 0 Å². The topological polar surface area (TPSA) is 86.7 Å². The van der Waals surface area contributed by atoms with Crippen LogP contribution in [0.3, 0.4) is 0 Å². The summed E-state index contributed by atoms with van der Waals surface area (Å²) in [6.45, 7) is 7.89. The maximum absolute atomic E-state index is 12.2. The van der Waals surface area contributed by atoms with Gasteiger partial charge < -0.3 is 0 Å². The molecule has 0 unspecified atom stereocenters. The number of benzene rings is 2. The van der Waals surface area contributed by atoms with Crippen molar-refractivity contribution in [2.45, 2.75) is 56.7 Å². The van der Waals surface area contributed by atoms with Gasteiger partial charge in [-0.15, -0.1) is 0 Å². The van der Waals surface area contributed by atoms with E-state index in [1.54, 1.807) is 48.5 Å². The van der Waals surface area contributed by atoms with Crippen LogP contribution in [-0.2, 0) is 28.6 Å². The standard InChI is InChI=1S/C23H32O6S2/c1-18-8-12-22(13-9-18)30(24,25)28-16-20(3)6-5-7-21(4)17-29-31(26,27)23-14-10-19(2)11-15-23/h8-15,20-21H,5-7,16-17H2,1-4H3/t20-,21+. The molecular weight excluding hydrogens is 436 g/mol. The lowest BCUT2D eigenvalue weighted by molar-refractivity contribution is 0.235. The summed E-state index contributed by atoms with van der Waals surface area (Å²) in [6.07, 6.45) is 2.38. The highest BCUT2D eigenvalue weighted by Crippen LogP contribution is 2.19. The van der Waals surface area contributed by atoms with Crippen LogP contribution in [0.1, 0.15) is 44.2 Å². The Morgan fingerprint density at radius 3 is 1.29 bits per heavy atom. The van der Waals surface area contributed by atoms with Gasteiger partial charge >= 0.3 is 0 Å². The van der Waals surface area contributed by atoms with Crippen molar-refractivity contribution >= 4 is 20.2 Å². The molecule has 2 atom stereocenters. The van der Waals surface area contributed by atoms with Crippen LogP contribution in [0.2, 0.25) is 0 Å². The van der Waals surface area contributed by atoms with Gasteiger partial charge in [-0.3, -0.25) is 8.37 Å². The molecule has 0 heterocycles. The van der Waals surface area contributed by atoms with E-state index in [0.717, 1.165) is 30.4 Å². The summed E-state index contributed by atoms with van der Waals surface area (Å²) in [5.41, 5.74) is 1.97. The molecule has 0 aliphatic heterocycles. The normalized spacial score (nSPS) is 14.3. The minimum absolute atomic E-state index is 0.0598. The predicted octanol–water partition coefficient (Wildman–Crippen LogP) is 4.86. The highest BCUT2D eigenvalue weighted by atomic mass is 32.2. The van der Waals surface area contributed by atoms with Crippen LogP contribution in [0.25, 0.3) is 0 Å². The summed E-state index contributed by atoms with van der Waals surface area (Å²) >= 11 is 0. The largest absolute Gasteiger partial charge is 0.296 e. The van der Waals surface area contributed by atoms with Crippen LogP contribution < -0.4 is 0 Å². The van der Waals surface area contributed by atoms with Crippen molar-refractivity contribution in [1.29, 1.82) is 0 Å². The molecule has 8 heteroatoms. The number of hydrogen-bond donors (Lipinski definition) is 0. The van der Waals surface area contributed by atoms with E-state index in [4.69, 9.17) is 8.37 Å². The molecule has 6 nitrogen and oxygen atoms in total. The predicted molar refractivity (Wildman–Crippen MR) is 121 cm³/mol. The smallest absolute Gasteiger partial charge is 0.266 e. The van der Waals surface area contributed by atoms with Crippen LogP contribution in [0.5, 0.6) is 0 Å². The average molecular weight is 469 g/mol. The van der Waals surface area contributed by atoms with E-state index in [-0.39, 0.29) is 34.8 Å². The van der Waals surface area contributed by atoms with Gasteiger partial charge in [0.2, 0.25) is 0 Å². The van der Waals surface area contributed by atoms with Crippen LogP contribution in [-0.4, -0.2) is 30.0 Å². The summed E-state index contributed by atoms with van der Waals surface area (Å²) in [5.74, 6) is 0.120. The van der Waals surface area contributed by atoms with E-state index < -0.39 is 20.2 Å². The van der Waals surface area contributed by atoms with Gasteiger partial charge in [0.1, 0.15) is 0 Å². The van der Waals surface area contributed by atoms with Crippen LogP contribution in [0.15, 0.2) is 58.3 Å². The maximum atomic E-state index is 12.2. The van der Waals surface area contributed by atoms with E-state index in [1.807, 2.05) is 27.7 Å². The molecule has 31 heavy (non-hydrogen) atoms. The number of rotatable bonds is 12. The fraction of sp³-hybridized carbons (Fsp3) is 0.478. The summed E-state index contributed by atoms with van der Waals surface area (Å²) < 4.78 is 59.4. The van der Waals surface area contributed by atoms with Gasteiger partial charge in [0.15, 0.2) is 0 Å². The molecule has 172 valence electrons. The third-order valence-electron chi connectivity index (χ3n) is 5.03. The maximum Gasteiger partial charge on any atom is 0.296 e. The van der Waals surface area contributed by atoms with Crippen LogP contribution in [0.4, 0.5) is 0 Å². The van der Waals surface area contributed by atoms with Gasteiger partial charge in [-0.25, -0.2) is 0 Å². The van der Waals surface area contributed by atoms with Crippen LogP contribution in [0, 0.1) is 25.7 Å². The fourth-order valence-corrected chi connectivity index (χ4v) is 4.97. The first-order valence-electron chi connectivity index (χ1n) is 10.4. The molecule has 0 amide bonds. The Kier molecular flexibility index (Phi) is 9.24. The Morgan fingerprint density at radius 1 is 0.645 bits per heavy atom. The second-order valence-electron chi connectivity index (χ2n) is 8.24. The highest BCUT2D eigenvalue weighted by Gasteiger charge is 2.18. The fourth-order valence-electron chi connectivity index (χ4n) is 2.94. The van der Waals surface area contributed by atoms with Crippen molar-refractivity contribution in [3.8, 4) is 0 Å². The zero-order chi connectivity index (χ0) is 23.1. The van der Waals surface area contributed by atoms with E-state index in [1.165, 1.54) is 0 Å². The van der Waals surface area contributed by atoms with Gasteiger partial charge in [-0.1, -0.05) is 55.7 Å². The molecule has 2 aromatic carbocycles. The lowest BCUT2D eigenvalue weighted by Gasteiger charge is -2.15. The van der Waals surface area contributed by atoms with Crippen molar-refractivity contribution < 1.29 is 25.2 Å². The summed E-state index contributed by atoms with van der Waals surface area (Å²) in [7, 11) is -7.51. The van der Waals surface area contributed by atoms with Crippen molar-refractivity contribution in [3.05, 3.63) is 59.7 Å². The molecule has 0 aliphatic rings. The van der Waals surface area contributed by atoms with Gasteiger partial charge in [-0.05, 0) is 62.8 Å². The van der Waals surface area contributed by atoms with Gasteiger partial charge in [-0.2, -0.15) is 16.8 Å². The molecule has 0 spiro atoms. The highest BCUT2D eigenvalue weighted by molar-refractivity contribution is 7.87. The summed E-state index contributed by atoms with van der Waals surface area (Å²) in [5, 5.41) is 0. The second-order valence-corrected chi connectivity index (χ2v) is 11.5. The van der Waals surface area contributed by atoms with Crippen molar-refractivity contribution in [3.63, 3.8) is 0 Å². The Morgan fingerprint density at radius 2 is 0.968 bits per heavy atom. The Balaban J connectivity index is 1.71. The minimum atomic E-state index is -3.75. The molecule has 0 fully saturated rings. The SMILES string of the molecule is Cc1ccc(S(=O)(=O)OC[C@H](C)CCC[C@H](C)COS(=O)(=O)c2ccc(C)cc2)cc1. The Labute approximate surface area is 186 Å². The Hall–Kier alpha value is -1.74. The van der Waals surface area contributed by atoms with Crippen molar-refractivity contribution in [1.82, 2.24) is 0 Å². The first kappa shape index (κ1) is 25.5. The van der Waals surface area contributed by atoms with Gasteiger partial charge in [0.25, 0.3) is 20.2 Å². The molecule has 0 aliphatic carbocycles. The molecule has 2 rings (SSSR count). The van der Waals surface area contributed by atoms with Crippen molar-refractivity contribution in [2.75, 3.05) is 13.2 Å². The average Bonchev–Trinajstić information content (AvgIpc) is 2.71. The molecule has 0 aromatic heterocycles. The first-order valence-corrected chi connectivity index (χ1v) is 13.2. The molecular formula is C23H32O6S2. The third-order valence-corrected chi connectivity index (χ3v) is 7.62. The summed E-state index contributed by atoms with van der Waals surface area (Å²) in [4.78, 5) is 0.316. The van der Waals surface area contributed by atoms with Gasteiger partial charge in [0, 0.05) is 0 Å². The quantitative estimate of drug-likeness (QED) is 0.414. The zero-order valence-electron chi connectivity index (χ0n) is 18.6. The molecule has 0 N–H and O–H groups in total. The molecule has 0 radical (unpaired) electrons.